The van der Waals surface area contributed by atoms with Crippen LogP contribution in [0.15, 0.2) is 75.0 Å². The second-order valence-corrected chi connectivity index (χ2v) is 9.69. The lowest BCUT2D eigenvalue weighted by Crippen LogP contribution is -2.28. The van der Waals surface area contributed by atoms with E-state index in [1.807, 2.05) is 6.92 Å². The van der Waals surface area contributed by atoms with Crippen LogP contribution in [-0.2, 0) is 11.4 Å². The molecule has 0 unspecified atom stereocenters. The summed E-state index contributed by atoms with van der Waals surface area (Å²) in [5, 5.41) is 9.69. The number of hydrogen-bond donors (Lipinski definition) is 1. The molecule has 3 aromatic carbocycles. The van der Waals surface area contributed by atoms with E-state index in [0.717, 1.165) is 0 Å². The summed E-state index contributed by atoms with van der Waals surface area (Å²) < 4.78 is 25.9. The molecule has 0 aromatic heterocycles. The number of likely N-dealkylation sites (N-methyl/N-ethyl adjacent to an activating group) is 1. The first kappa shape index (κ1) is 26.4. The summed E-state index contributed by atoms with van der Waals surface area (Å²) in [7, 11) is 1.50. The number of ether oxygens (including phenoxy) is 2. The van der Waals surface area contributed by atoms with Crippen LogP contribution in [-0.4, -0.2) is 40.7 Å². The molecule has 0 spiro atoms. The Bertz CT molecular complexity index is 1430. The molecule has 0 atom stereocenters. The largest absolute Gasteiger partial charge is 0.493 e. The van der Waals surface area contributed by atoms with Crippen LogP contribution in [0.1, 0.15) is 28.4 Å². The highest BCUT2D eigenvalue weighted by atomic mass is 79.9. The summed E-state index contributed by atoms with van der Waals surface area (Å²) in [6.07, 6.45) is 1.72. The van der Waals surface area contributed by atoms with Crippen molar-refractivity contribution < 1.29 is 28.6 Å². The molecule has 1 N–H and O–H groups in total. The van der Waals surface area contributed by atoms with Crippen molar-refractivity contribution in [2.24, 2.45) is 4.99 Å². The third kappa shape index (κ3) is 6.03. The topological polar surface area (TPSA) is 88.4 Å². The molecule has 37 heavy (non-hydrogen) atoms. The minimum absolute atomic E-state index is 0.0186. The van der Waals surface area contributed by atoms with Gasteiger partial charge in [0.25, 0.3) is 5.91 Å². The van der Waals surface area contributed by atoms with E-state index in [2.05, 4.69) is 20.9 Å². The molecule has 190 valence electrons. The second kappa shape index (κ2) is 11.6. The molecule has 3 aromatic rings. The van der Waals surface area contributed by atoms with Gasteiger partial charge in [0.15, 0.2) is 16.7 Å². The molecule has 7 nitrogen and oxygen atoms in total. The number of benzene rings is 3. The number of rotatable bonds is 8. The lowest BCUT2D eigenvalue weighted by Gasteiger charge is -2.14. The van der Waals surface area contributed by atoms with Crippen LogP contribution < -0.4 is 9.47 Å². The smallest absolute Gasteiger partial charge is 0.335 e. The van der Waals surface area contributed by atoms with Gasteiger partial charge in [-0.2, -0.15) is 0 Å². The van der Waals surface area contributed by atoms with Gasteiger partial charge >= 0.3 is 5.97 Å². The maximum atomic E-state index is 14.0. The fourth-order valence-corrected chi connectivity index (χ4v) is 5.21. The Morgan fingerprint density at radius 2 is 1.97 bits per heavy atom. The van der Waals surface area contributed by atoms with Gasteiger partial charge in [0.05, 0.1) is 27.7 Å². The number of nitrogens with zero attached hydrogens (tertiary/aromatic N) is 2. The summed E-state index contributed by atoms with van der Waals surface area (Å²) in [5.74, 6) is -0.793. The fraction of sp³-hybridized carbons (Fsp3) is 0.148. The standard InChI is InChI=1S/C27H22BrFN2O5S/c1-3-31-25(32)23(37-27(31)30-19-9-6-8-17(14-19)26(33)34)13-16-11-20(28)24(22(12-16)35-2)36-15-18-7-4-5-10-21(18)29/h4-14H,3,15H2,1-2H3,(H,33,34)/b23-13-,30-27?. The average molecular weight is 585 g/mol. The minimum Gasteiger partial charge on any atom is -0.493 e. The molecule has 1 heterocycles. The molecule has 10 heteroatoms. The van der Waals surface area contributed by atoms with Crippen LogP contribution in [0.4, 0.5) is 10.1 Å². The first-order chi connectivity index (χ1) is 17.8. The molecule has 0 bridgehead atoms. The van der Waals surface area contributed by atoms with Gasteiger partial charge in [0.1, 0.15) is 12.4 Å². The van der Waals surface area contributed by atoms with Gasteiger partial charge in [-0.25, -0.2) is 14.2 Å². The van der Waals surface area contributed by atoms with Crippen molar-refractivity contribution in [3.05, 3.63) is 92.5 Å². The molecule has 0 aliphatic carbocycles. The number of aliphatic imine (C=N–C) groups is 1. The van der Waals surface area contributed by atoms with Gasteiger partial charge < -0.3 is 14.6 Å². The van der Waals surface area contributed by atoms with E-state index in [4.69, 9.17) is 9.47 Å². The molecule has 1 fully saturated rings. The Labute approximate surface area is 225 Å². The monoisotopic (exact) mass is 584 g/mol. The molecule has 1 amide bonds. The SMILES string of the molecule is CCN1C(=O)/C(=C/c2cc(Br)c(OCc3ccccc3F)c(OC)c2)SC1=Nc1cccc(C(=O)O)c1. The maximum Gasteiger partial charge on any atom is 0.335 e. The van der Waals surface area contributed by atoms with Gasteiger partial charge in [-0.05, 0) is 82.7 Å². The molecule has 0 radical (unpaired) electrons. The van der Waals surface area contributed by atoms with Crippen LogP contribution in [0, 0.1) is 5.82 Å². The number of carboxylic acids is 1. The first-order valence-electron chi connectivity index (χ1n) is 11.2. The number of amides is 1. The zero-order chi connectivity index (χ0) is 26.5. The van der Waals surface area contributed by atoms with E-state index >= 15 is 0 Å². The summed E-state index contributed by atoms with van der Waals surface area (Å²) >= 11 is 4.69. The molecule has 1 aliphatic rings. The lowest BCUT2D eigenvalue weighted by molar-refractivity contribution is -0.122. The zero-order valence-electron chi connectivity index (χ0n) is 19.9. The number of halogens is 2. The number of carboxylic acid groups (broad SMARTS) is 1. The van der Waals surface area contributed by atoms with Gasteiger partial charge in [0, 0.05) is 12.1 Å². The lowest BCUT2D eigenvalue weighted by atomic mass is 10.1. The van der Waals surface area contributed by atoms with Crippen LogP contribution in [0.25, 0.3) is 6.08 Å². The molecule has 1 saturated heterocycles. The Balaban J connectivity index is 1.60. The van der Waals surface area contributed by atoms with Crippen LogP contribution in [0.3, 0.4) is 0 Å². The summed E-state index contributed by atoms with van der Waals surface area (Å²) in [5.41, 5.74) is 1.65. The van der Waals surface area contributed by atoms with E-state index < -0.39 is 5.97 Å². The number of aromatic carboxylic acids is 1. The Morgan fingerprint density at radius 3 is 2.68 bits per heavy atom. The number of methoxy groups -OCH3 is 1. The second-order valence-electron chi connectivity index (χ2n) is 7.82. The van der Waals surface area contributed by atoms with Crippen molar-refractivity contribution in [3.63, 3.8) is 0 Å². The highest BCUT2D eigenvalue weighted by molar-refractivity contribution is 9.10. The first-order valence-corrected chi connectivity index (χ1v) is 12.8. The highest BCUT2D eigenvalue weighted by Crippen LogP contribution is 2.40. The Morgan fingerprint density at radius 1 is 1.19 bits per heavy atom. The number of hydrogen-bond acceptors (Lipinski definition) is 6. The van der Waals surface area contributed by atoms with Crippen LogP contribution >= 0.6 is 27.7 Å². The third-order valence-electron chi connectivity index (χ3n) is 5.40. The van der Waals surface area contributed by atoms with Gasteiger partial charge in [-0.1, -0.05) is 24.3 Å². The molecular formula is C27H22BrFN2O5S. The maximum absolute atomic E-state index is 14.0. The van der Waals surface area contributed by atoms with Gasteiger partial charge in [0.2, 0.25) is 0 Å². The van der Waals surface area contributed by atoms with Crippen molar-refractivity contribution >= 4 is 56.5 Å². The molecular weight excluding hydrogens is 563 g/mol. The summed E-state index contributed by atoms with van der Waals surface area (Å²) in [4.78, 5) is 30.9. The Hall–Kier alpha value is -3.63. The van der Waals surface area contributed by atoms with E-state index in [-0.39, 0.29) is 23.9 Å². The van der Waals surface area contributed by atoms with Crippen molar-refractivity contribution in [2.45, 2.75) is 13.5 Å². The van der Waals surface area contributed by atoms with E-state index in [0.29, 0.717) is 49.4 Å². The van der Waals surface area contributed by atoms with Crippen molar-refractivity contribution in [2.75, 3.05) is 13.7 Å². The van der Waals surface area contributed by atoms with E-state index in [1.54, 1.807) is 48.5 Å². The number of carbonyl (C=O) groups excluding carboxylic acids is 1. The minimum atomic E-state index is -1.05. The van der Waals surface area contributed by atoms with E-state index in [1.165, 1.54) is 42.0 Å². The molecule has 4 rings (SSSR count). The van der Waals surface area contributed by atoms with Crippen molar-refractivity contribution in [3.8, 4) is 11.5 Å². The van der Waals surface area contributed by atoms with E-state index in [9.17, 15) is 19.1 Å². The molecule has 0 saturated carbocycles. The number of amidine groups is 1. The van der Waals surface area contributed by atoms with Gasteiger partial charge in [-0.15, -0.1) is 0 Å². The number of carbonyl (C=O) groups is 2. The summed E-state index contributed by atoms with van der Waals surface area (Å²) in [6, 6.07) is 16.1. The molecule has 1 aliphatic heterocycles. The average Bonchev–Trinajstić information content (AvgIpc) is 3.17. The predicted molar refractivity (Wildman–Crippen MR) is 145 cm³/mol. The van der Waals surface area contributed by atoms with Crippen molar-refractivity contribution in [1.29, 1.82) is 0 Å². The number of thioether (sulfide) groups is 1. The van der Waals surface area contributed by atoms with Crippen LogP contribution in [0.2, 0.25) is 0 Å². The Kier molecular flexibility index (Phi) is 8.30. The summed E-state index contributed by atoms with van der Waals surface area (Å²) in [6.45, 7) is 2.26. The zero-order valence-corrected chi connectivity index (χ0v) is 22.3. The normalized spacial score (nSPS) is 15.5. The van der Waals surface area contributed by atoms with Crippen LogP contribution in [0.5, 0.6) is 11.5 Å². The highest BCUT2D eigenvalue weighted by Gasteiger charge is 2.32. The van der Waals surface area contributed by atoms with Crippen molar-refractivity contribution in [1.82, 2.24) is 4.90 Å². The van der Waals surface area contributed by atoms with Gasteiger partial charge in [-0.3, -0.25) is 9.69 Å². The fourth-order valence-electron chi connectivity index (χ4n) is 3.57. The third-order valence-corrected chi connectivity index (χ3v) is 7.00. The predicted octanol–water partition coefficient (Wildman–Crippen LogP) is 6.50. The quantitative estimate of drug-likeness (QED) is 0.304.